The molecule has 0 heterocycles. The van der Waals surface area contributed by atoms with Crippen molar-refractivity contribution >= 4 is 11.8 Å². The molecule has 1 saturated carbocycles. The lowest BCUT2D eigenvalue weighted by atomic mass is 9.89. The minimum absolute atomic E-state index is 0.0632. The van der Waals surface area contributed by atoms with Crippen LogP contribution in [-0.4, -0.2) is 30.0 Å². The van der Waals surface area contributed by atoms with Crippen molar-refractivity contribution in [3.63, 3.8) is 0 Å². The SMILES string of the molecule is O=C(NCCNC(=O)C1CCCCC1)c1cccc(O)c1. The van der Waals surface area contributed by atoms with E-state index in [-0.39, 0.29) is 23.5 Å². The molecule has 0 bridgehead atoms. The Morgan fingerprint density at radius 1 is 1.10 bits per heavy atom. The van der Waals surface area contributed by atoms with Crippen LogP contribution in [0.1, 0.15) is 42.5 Å². The number of carbonyl (C=O) groups is 2. The van der Waals surface area contributed by atoms with Gasteiger partial charge in [0.15, 0.2) is 0 Å². The van der Waals surface area contributed by atoms with Crippen LogP contribution in [0, 0.1) is 5.92 Å². The average molecular weight is 290 g/mol. The van der Waals surface area contributed by atoms with Crippen LogP contribution in [0.4, 0.5) is 0 Å². The van der Waals surface area contributed by atoms with Gasteiger partial charge >= 0.3 is 0 Å². The van der Waals surface area contributed by atoms with Crippen molar-refractivity contribution in [2.75, 3.05) is 13.1 Å². The molecule has 3 N–H and O–H groups in total. The van der Waals surface area contributed by atoms with Crippen molar-refractivity contribution in [2.45, 2.75) is 32.1 Å². The molecule has 0 aliphatic heterocycles. The molecule has 0 spiro atoms. The summed E-state index contributed by atoms with van der Waals surface area (Å²) in [6.07, 6.45) is 5.44. The predicted molar refractivity (Wildman–Crippen MR) is 80.0 cm³/mol. The van der Waals surface area contributed by atoms with E-state index >= 15 is 0 Å². The van der Waals surface area contributed by atoms with E-state index in [4.69, 9.17) is 0 Å². The van der Waals surface area contributed by atoms with Crippen LogP contribution in [0.15, 0.2) is 24.3 Å². The molecule has 5 nitrogen and oxygen atoms in total. The first-order valence-electron chi connectivity index (χ1n) is 7.52. The topological polar surface area (TPSA) is 78.4 Å². The second kappa shape index (κ2) is 7.67. The summed E-state index contributed by atoms with van der Waals surface area (Å²) in [5.74, 6) is 0.0490. The zero-order chi connectivity index (χ0) is 15.1. The molecule has 0 unspecified atom stereocenters. The smallest absolute Gasteiger partial charge is 0.251 e. The minimum atomic E-state index is -0.252. The molecule has 0 radical (unpaired) electrons. The summed E-state index contributed by atoms with van der Waals surface area (Å²) < 4.78 is 0. The lowest BCUT2D eigenvalue weighted by Gasteiger charge is -2.20. The first kappa shape index (κ1) is 15.4. The number of phenolic OH excluding ortho intramolecular Hbond substituents is 1. The zero-order valence-corrected chi connectivity index (χ0v) is 12.1. The number of hydrogen-bond donors (Lipinski definition) is 3. The largest absolute Gasteiger partial charge is 0.508 e. The molecule has 1 aromatic rings. The fourth-order valence-electron chi connectivity index (χ4n) is 2.62. The predicted octanol–water partition coefficient (Wildman–Crippen LogP) is 1.82. The molecule has 1 aliphatic carbocycles. The van der Waals surface area contributed by atoms with Gasteiger partial charge in [0, 0.05) is 24.6 Å². The van der Waals surface area contributed by atoms with Crippen molar-refractivity contribution < 1.29 is 14.7 Å². The average Bonchev–Trinajstić information content (AvgIpc) is 2.52. The van der Waals surface area contributed by atoms with Crippen LogP contribution in [0.3, 0.4) is 0 Å². The van der Waals surface area contributed by atoms with Gasteiger partial charge in [-0.15, -0.1) is 0 Å². The first-order valence-corrected chi connectivity index (χ1v) is 7.52. The van der Waals surface area contributed by atoms with Crippen LogP contribution < -0.4 is 10.6 Å². The van der Waals surface area contributed by atoms with Crippen molar-refractivity contribution in [2.24, 2.45) is 5.92 Å². The van der Waals surface area contributed by atoms with Crippen LogP contribution in [0.2, 0.25) is 0 Å². The standard InChI is InChI=1S/C16H22N2O3/c19-14-8-4-7-13(11-14)16(21)18-10-9-17-15(20)12-5-2-1-3-6-12/h4,7-8,11-12,19H,1-3,5-6,9-10H2,(H,17,20)(H,18,21). The molecule has 0 saturated heterocycles. The van der Waals surface area contributed by atoms with Gasteiger partial charge in [0.2, 0.25) is 5.91 Å². The molecule has 5 heteroatoms. The normalized spacial score (nSPS) is 15.4. The van der Waals surface area contributed by atoms with Crippen molar-refractivity contribution in [1.82, 2.24) is 10.6 Å². The summed E-state index contributed by atoms with van der Waals surface area (Å²) in [6.45, 7) is 0.812. The van der Waals surface area contributed by atoms with E-state index in [1.165, 1.54) is 18.6 Å². The van der Waals surface area contributed by atoms with Crippen LogP contribution >= 0.6 is 0 Å². The molecule has 114 valence electrons. The molecule has 1 aliphatic rings. The van der Waals surface area contributed by atoms with Crippen molar-refractivity contribution in [3.8, 4) is 5.75 Å². The molecule has 2 rings (SSSR count). The zero-order valence-electron chi connectivity index (χ0n) is 12.1. The Balaban J connectivity index is 1.67. The van der Waals surface area contributed by atoms with Gasteiger partial charge in [0.1, 0.15) is 5.75 Å². The van der Waals surface area contributed by atoms with Crippen LogP contribution in [0.25, 0.3) is 0 Å². The molecule has 1 fully saturated rings. The number of hydrogen-bond acceptors (Lipinski definition) is 3. The monoisotopic (exact) mass is 290 g/mol. The quantitative estimate of drug-likeness (QED) is 0.724. The summed E-state index contributed by atoms with van der Waals surface area (Å²) in [7, 11) is 0. The second-order valence-corrected chi connectivity index (χ2v) is 5.43. The number of carbonyl (C=O) groups excluding carboxylic acids is 2. The Hall–Kier alpha value is -2.04. The maximum absolute atomic E-state index is 11.9. The number of phenols is 1. The minimum Gasteiger partial charge on any atom is -0.508 e. The van der Waals surface area contributed by atoms with E-state index in [1.807, 2.05) is 0 Å². The third-order valence-corrected chi connectivity index (χ3v) is 3.79. The maximum Gasteiger partial charge on any atom is 0.251 e. The Morgan fingerprint density at radius 3 is 2.52 bits per heavy atom. The van der Waals surface area contributed by atoms with Gasteiger partial charge in [-0.1, -0.05) is 25.3 Å². The molecule has 0 atom stereocenters. The second-order valence-electron chi connectivity index (χ2n) is 5.43. The Morgan fingerprint density at radius 2 is 1.81 bits per heavy atom. The van der Waals surface area contributed by atoms with Crippen molar-refractivity contribution in [1.29, 1.82) is 0 Å². The molecule has 21 heavy (non-hydrogen) atoms. The van der Waals surface area contributed by atoms with Crippen LogP contribution in [-0.2, 0) is 4.79 Å². The number of benzene rings is 1. The highest BCUT2D eigenvalue weighted by atomic mass is 16.3. The Kier molecular flexibility index (Phi) is 5.60. The van der Waals surface area contributed by atoms with Gasteiger partial charge in [-0.25, -0.2) is 0 Å². The Labute approximate surface area is 124 Å². The van der Waals surface area contributed by atoms with E-state index in [0.717, 1.165) is 25.7 Å². The molecule has 0 aromatic heterocycles. The highest BCUT2D eigenvalue weighted by Crippen LogP contribution is 2.23. The number of nitrogens with one attached hydrogen (secondary N) is 2. The summed E-state index contributed by atoms with van der Waals surface area (Å²) >= 11 is 0. The number of aromatic hydroxyl groups is 1. The summed E-state index contributed by atoms with van der Waals surface area (Å²) in [5.41, 5.74) is 0.411. The maximum atomic E-state index is 11.9. The van der Waals surface area contributed by atoms with E-state index < -0.39 is 0 Å². The van der Waals surface area contributed by atoms with E-state index in [1.54, 1.807) is 12.1 Å². The van der Waals surface area contributed by atoms with E-state index in [9.17, 15) is 14.7 Å². The number of rotatable bonds is 5. The van der Waals surface area contributed by atoms with Gasteiger partial charge in [-0.05, 0) is 31.0 Å². The lowest BCUT2D eigenvalue weighted by Crippen LogP contribution is -2.38. The molecule has 2 amide bonds. The highest BCUT2D eigenvalue weighted by molar-refractivity contribution is 5.94. The third-order valence-electron chi connectivity index (χ3n) is 3.79. The molecular formula is C16H22N2O3. The fraction of sp³-hybridized carbons (Fsp3) is 0.500. The third kappa shape index (κ3) is 4.77. The fourth-order valence-corrected chi connectivity index (χ4v) is 2.62. The summed E-state index contributed by atoms with van der Waals surface area (Å²) in [5, 5.41) is 14.9. The molecule has 1 aromatic carbocycles. The van der Waals surface area contributed by atoms with Crippen molar-refractivity contribution in [3.05, 3.63) is 29.8 Å². The van der Waals surface area contributed by atoms with E-state index in [2.05, 4.69) is 10.6 Å². The van der Waals surface area contributed by atoms with E-state index in [0.29, 0.717) is 18.7 Å². The van der Waals surface area contributed by atoms with Gasteiger partial charge in [-0.3, -0.25) is 9.59 Å². The lowest BCUT2D eigenvalue weighted by molar-refractivity contribution is -0.125. The first-order chi connectivity index (χ1) is 10.2. The Bertz CT molecular complexity index is 496. The van der Waals surface area contributed by atoms with Gasteiger partial charge < -0.3 is 15.7 Å². The van der Waals surface area contributed by atoms with Gasteiger partial charge in [-0.2, -0.15) is 0 Å². The van der Waals surface area contributed by atoms with Crippen LogP contribution in [0.5, 0.6) is 5.75 Å². The molecular weight excluding hydrogens is 268 g/mol. The summed E-state index contributed by atoms with van der Waals surface area (Å²) in [4.78, 5) is 23.7. The highest BCUT2D eigenvalue weighted by Gasteiger charge is 2.20. The van der Waals surface area contributed by atoms with Gasteiger partial charge in [0.05, 0.1) is 0 Å². The van der Waals surface area contributed by atoms with Gasteiger partial charge in [0.25, 0.3) is 5.91 Å². The summed E-state index contributed by atoms with van der Waals surface area (Å²) in [6, 6.07) is 6.18. The number of amides is 2.